The molecule has 6 heteroatoms. The number of aliphatic imine (C=N–C) groups is 1. The average Bonchev–Trinajstić information content (AvgIpc) is 2.50. The maximum absolute atomic E-state index is 5.83. The zero-order valence-corrected chi connectivity index (χ0v) is 17.8. The zero-order chi connectivity index (χ0) is 17.1. The van der Waals surface area contributed by atoms with Crippen molar-refractivity contribution in [2.75, 3.05) is 26.8 Å². The van der Waals surface area contributed by atoms with E-state index < -0.39 is 0 Å². The Morgan fingerprint density at radius 2 is 1.88 bits per heavy atom. The van der Waals surface area contributed by atoms with Crippen molar-refractivity contribution in [3.8, 4) is 0 Å². The molecule has 0 aliphatic carbocycles. The molecular formula is C18H32IN3O2. The van der Waals surface area contributed by atoms with Crippen molar-refractivity contribution in [2.45, 2.75) is 46.4 Å². The minimum Gasteiger partial charge on any atom is -0.383 e. The molecule has 138 valence electrons. The third-order valence-corrected chi connectivity index (χ3v) is 3.03. The smallest absolute Gasteiger partial charge is 0.191 e. The molecule has 5 nitrogen and oxygen atoms in total. The van der Waals surface area contributed by atoms with Gasteiger partial charge in [-0.2, -0.15) is 0 Å². The minimum absolute atomic E-state index is 0. The van der Waals surface area contributed by atoms with Gasteiger partial charge in [-0.3, -0.25) is 0 Å². The first-order valence-corrected chi connectivity index (χ1v) is 8.17. The van der Waals surface area contributed by atoms with E-state index in [1.165, 1.54) is 11.1 Å². The van der Waals surface area contributed by atoms with E-state index in [1.807, 2.05) is 0 Å². The number of nitrogens with zero attached hydrogens (tertiary/aromatic N) is 1. The largest absolute Gasteiger partial charge is 0.383 e. The number of nitrogens with one attached hydrogen (secondary N) is 2. The Kier molecular flexibility index (Phi) is 12.0. The van der Waals surface area contributed by atoms with Crippen LogP contribution in [0.1, 0.15) is 38.8 Å². The molecule has 0 bridgehead atoms. The van der Waals surface area contributed by atoms with Gasteiger partial charge in [-0.25, -0.2) is 4.99 Å². The van der Waals surface area contributed by atoms with Crippen molar-refractivity contribution < 1.29 is 9.47 Å². The second-order valence-corrected chi connectivity index (χ2v) is 6.34. The molecule has 0 saturated carbocycles. The lowest BCUT2D eigenvalue weighted by molar-refractivity contribution is -0.0149. The summed E-state index contributed by atoms with van der Waals surface area (Å²) in [6.45, 7) is 11.7. The molecule has 0 heterocycles. The second-order valence-electron chi connectivity index (χ2n) is 6.34. The molecule has 1 aromatic carbocycles. The van der Waals surface area contributed by atoms with Crippen molar-refractivity contribution in [1.82, 2.24) is 10.6 Å². The van der Waals surface area contributed by atoms with Gasteiger partial charge < -0.3 is 20.1 Å². The van der Waals surface area contributed by atoms with Crippen LogP contribution in [0.15, 0.2) is 29.3 Å². The lowest BCUT2D eigenvalue weighted by atomic mass is 10.1. The standard InChI is InChI=1S/C18H31N3O2.HI/c1-6-19-17(20-10-11-22-5)21-13-15-8-7-9-16(12-15)14-23-18(2,3)4;/h7-9,12H,6,10-11,13-14H2,1-5H3,(H2,19,20,21);1H. The third kappa shape index (κ3) is 10.8. The summed E-state index contributed by atoms with van der Waals surface area (Å²) in [6, 6.07) is 8.37. The molecule has 0 unspecified atom stereocenters. The van der Waals surface area contributed by atoms with Gasteiger partial charge in [-0.15, -0.1) is 24.0 Å². The molecule has 0 spiro atoms. The number of halogens is 1. The lowest BCUT2D eigenvalue weighted by Crippen LogP contribution is -2.38. The van der Waals surface area contributed by atoms with Crippen LogP contribution in [0.3, 0.4) is 0 Å². The number of hydrogen-bond acceptors (Lipinski definition) is 3. The summed E-state index contributed by atoms with van der Waals surface area (Å²) in [5, 5.41) is 6.47. The zero-order valence-electron chi connectivity index (χ0n) is 15.5. The number of hydrogen-bond donors (Lipinski definition) is 2. The summed E-state index contributed by atoms with van der Waals surface area (Å²) in [5.41, 5.74) is 2.21. The maximum atomic E-state index is 5.83. The summed E-state index contributed by atoms with van der Waals surface area (Å²) in [6.07, 6.45) is 0. The molecule has 0 aromatic heterocycles. The number of methoxy groups -OCH3 is 1. The van der Waals surface area contributed by atoms with Crippen molar-refractivity contribution >= 4 is 29.9 Å². The molecular weight excluding hydrogens is 417 g/mol. The first-order valence-electron chi connectivity index (χ1n) is 8.17. The molecule has 1 aromatic rings. The SMILES string of the molecule is CCNC(=NCc1cccc(COC(C)(C)C)c1)NCCOC.I. The first kappa shape index (κ1) is 23.1. The van der Waals surface area contributed by atoms with Gasteiger partial charge in [0.2, 0.25) is 0 Å². The lowest BCUT2D eigenvalue weighted by Gasteiger charge is -2.19. The minimum atomic E-state index is -0.127. The van der Waals surface area contributed by atoms with Gasteiger partial charge in [0.05, 0.1) is 25.4 Å². The summed E-state index contributed by atoms with van der Waals surface area (Å²) in [4.78, 5) is 4.60. The quantitative estimate of drug-likeness (QED) is 0.277. The summed E-state index contributed by atoms with van der Waals surface area (Å²) in [7, 11) is 1.69. The van der Waals surface area contributed by atoms with Crippen LogP contribution in [-0.2, 0) is 22.6 Å². The van der Waals surface area contributed by atoms with Crippen molar-refractivity contribution in [1.29, 1.82) is 0 Å². The van der Waals surface area contributed by atoms with Gasteiger partial charge >= 0.3 is 0 Å². The van der Waals surface area contributed by atoms with Crippen molar-refractivity contribution in [3.05, 3.63) is 35.4 Å². The summed E-state index contributed by atoms with van der Waals surface area (Å²) in [5.74, 6) is 0.806. The Labute approximate surface area is 163 Å². The number of guanidine groups is 1. The Bertz CT molecular complexity index is 487. The van der Waals surface area contributed by atoms with E-state index in [2.05, 4.69) is 67.6 Å². The molecule has 0 aliphatic rings. The van der Waals surface area contributed by atoms with Gasteiger partial charge in [0.15, 0.2) is 5.96 Å². The van der Waals surface area contributed by atoms with Crippen LogP contribution in [0.5, 0.6) is 0 Å². The Morgan fingerprint density at radius 1 is 1.17 bits per heavy atom. The van der Waals surface area contributed by atoms with Gasteiger partial charge in [0, 0.05) is 20.2 Å². The van der Waals surface area contributed by atoms with Gasteiger partial charge in [0.1, 0.15) is 0 Å². The van der Waals surface area contributed by atoms with Crippen molar-refractivity contribution in [2.24, 2.45) is 4.99 Å². The summed E-state index contributed by atoms with van der Waals surface area (Å²) < 4.78 is 10.9. The molecule has 0 radical (unpaired) electrons. The van der Waals surface area contributed by atoms with Crippen LogP contribution >= 0.6 is 24.0 Å². The normalized spacial score (nSPS) is 11.8. The Morgan fingerprint density at radius 3 is 2.50 bits per heavy atom. The van der Waals surface area contributed by atoms with Crippen LogP contribution in [-0.4, -0.2) is 38.4 Å². The molecule has 2 N–H and O–H groups in total. The van der Waals surface area contributed by atoms with E-state index in [0.717, 1.165) is 19.0 Å². The molecule has 0 atom stereocenters. The molecule has 0 fully saturated rings. The van der Waals surface area contributed by atoms with Crippen LogP contribution in [0, 0.1) is 0 Å². The number of ether oxygens (including phenoxy) is 2. The first-order chi connectivity index (χ1) is 10.9. The topological polar surface area (TPSA) is 54.9 Å². The highest BCUT2D eigenvalue weighted by molar-refractivity contribution is 14.0. The van der Waals surface area contributed by atoms with E-state index in [1.54, 1.807) is 7.11 Å². The molecule has 0 amide bonds. The highest BCUT2D eigenvalue weighted by atomic mass is 127. The highest BCUT2D eigenvalue weighted by Crippen LogP contribution is 2.13. The van der Waals surface area contributed by atoms with E-state index in [-0.39, 0.29) is 29.6 Å². The van der Waals surface area contributed by atoms with Crippen LogP contribution in [0.2, 0.25) is 0 Å². The predicted molar refractivity (Wildman–Crippen MR) is 111 cm³/mol. The van der Waals surface area contributed by atoms with Crippen molar-refractivity contribution in [3.63, 3.8) is 0 Å². The molecule has 0 saturated heterocycles. The van der Waals surface area contributed by atoms with Gasteiger partial charge in [0.25, 0.3) is 0 Å². The van der Waals surface area contributed by atoms with Gasteiger partial charge in [-0.05, 0) is 38.8 Å². The predicted octanol–water partition coefficient (Wildman–Crippen LogP) is 3.32. The van der Waals surface area contributed by atoms with E-state index in [4.69, 9.17) is 9.47 Å². The molecule has 0 aliphatic heterocycles. The third-order valence-electron chi connectivity index (χ3n) is 3.03. The van der Waals surface area contributed by atoms with E-state index >= 15 is 0 Å². The highest BCUT2D eigenvalue weighted by Gasteiger charge is 2.10. The monoisotopic (exact) mass is 449 g/mol. The van der Waals surface area contributed by atoms with E-state index in [0.29, 0.717) is 19.8 Å². The second kappa shape index (κ2) is 12.5. The molecule has 24 heavy (non-hydrogen) atoms. The summed E-state index contributed by atoms with van der Waals surface area (Å²) >= 11 is 0. The van der Waals surface area contributed by atoms with Crippen LogP contribution < -0.4 is 10.6 Å². The number of benzene rings is 1. The fraction of sp³-hybridized carbons (Fsp3) is 0.611. The molecule has 1 rings (SSSR count). The van der Waals surface area contributed by atoms with Gasteiger partial charge in [-0.1, -0.05) is 24.3 Å². The Hall–Kier alpha value is -0.860. The maximum Gasteiger partial charge on any atom is 0.191 e. The van der Waals surface area contributed by atoms with Crippen LogP contribution in [0.25, 0.3) is 0 Å². The van der Waals surface area contributed by atoms with Crippen LogP contribution in [0.4, 0.5) is 0 Å². The average molecular weight is 449 g/mol. The Balaban J connectivity index is 0.00000529. The fourth-order valence-corrected chi connectivity index (χ4v) is 1.90. The fourth-order valence-electron chi connectivity index (χ4n) is 1.90. The number of rotatable bonds is 8. The van der Waals surface area contributed by atoms with E-state index in [9.17, 15) is 0 Å².